The van der Waals surface area contributed by atoms with Crippen LogP contribution in [0.3, 0.4) is 0 Å². The van der Waals surface area contributed by atoms with Gasteiger partial charge in [0.1, 0.15) is 0 Å². The number of nitrogens with two attached hydrogens (primary N) is 1. The van der Waals surface area contributed by atoms with Crippen LogP contribution in [0, 0.1) is 11.8 Å². The summed E-state index contributed by atoms with van der Waals surface area (Å²) in [5.41, 5.74) is 8.62. The van der Waals surface area contributed by atoms with E-state index in [1.807, 2.05) is 12.1 Å². The molecule has 2 N–H and O–H groups in total. The third kappa shape index (κ3) is 3.48. The molecular weight excluding hydrogens is 330 g/mol. The van der Waals surface area contributed by atoms with E-state index in [0.717, 1.165) is 35.6 Å². The molecule has 3 nitrogen and oxygen atoms in total. The summed E-state index contributed by atoms with van der Waals surface area (Å²) < 4.78 is 0. The van der Waals surface area contributed by atoms with Crippen LogP contribution < -0.4 is 10.6 Å². The summed E-state index contributed by atoms with van der Waals surface area (Å²) in [7, 11) is 2.26. The van der Waals surface area contributed by atoms with Crippen molar-refractivity contribution in [3.05, 3.63) is 24.3 Å². The van der Waals surface area contributed by atoms with Gasteiger partial charge in [-0.15, -0.1) is 0 Å². The van der Waals surface area contributed by atoms with E-state index in [2.05, 4.69) is 49.8 Å². The van der Waals surface area contributed by atoms with E-state index in [4.69, 9.17) is 5.73 Å². The van der Waals surface area contributed by atoms with Gasteiger partial charge in [-0.25, -0.2) is 0 Å². The first-order valence-electron chi connectivity index (χ1n) is 11.2. The minimum atomic E-state index is 0.215. The van der Waals surface area contributed by atoms with Gasteiger partial charge in [-0.1, -0.05) is 26.0 Å². The maximum Gasteiger partial charge on any atom is 0.0601 e. The zero-order chi connectivity index (χ0) is 19.2. The number of para-hydroxylation sites is 2. The predicted molar refractivity (Wildman–Crippen MR) is 116 cm³/mol. The van der Waals surface area contributed by atoms with Crippen LogP contribution in [0.1, 0.15) is 72.1 Å². The minimum absolute atomic E-state index is 0.215. The van der Waals surface area contributed by atoms with Crippen molar-refractivity contribution in [2.24, 2.45) is 11.8 Å². The van der Waals surface area contributed by atoms with Gasteiger partial charge < -0.3 is 10.6 Å². The van der Waals surface area contributed by atoms with Crippen molar-refractivity contribution < 1.29 is 0 Å². The second kappa shape index (κ2) is 7.31. The highest BCUT2D eigenvalue weighted by atomic mass is 15.3. The maximum absolute atomic E-state index is 6.30. The molecule has 0 amide bonds. The molecule has 2 saturated heterocycles. The number of nitrogen functional groups attached to an aromatic ring is 1. The van der Waals surface area contributed by atoms with Crippen LogP contribution in [0.4, 0.5) is 11.4 Å². The minimum Gasteiger partial charge on any atom is -0.397 e. The Morgan fingerprint density at radius 1 is 0.963 bits per heavy atom. The number of hydrogen-bond acceptors (Lipinski definition) is 3. The van der Waals surface area contributed by atoms with Crippen LogP contribution in [0.2, 0.25) is 0 Å². The Labute approximate surface area is 166 Å². The van der Waals surface area contributed by atoms with E-state index in [1.54, 1.807) is 0 Å². The molecule has 1 aromatic rings. The van der Waals surface area contributed by atoms with Crippen LogP contribution >= 0.6 is 0 Å². The first-order chi connectivity index (χ1) is 12.9. The van der Waals surface area contributed by atoms with Gasteiger partial charge in [0.15, 0.2) is 0 Å². The van der Waals surface area contributed by atoms with Crippen molar-refractivity contribution in [2.45, 2.75) is 95.8 Å². The van der Waals surface area contributed by atoms with Gasteiger partial charge in [-0.3, -0.25) is 4.90 Å². The third-order valence-corrected chi connectivity index (χ3v) is 8.24. The molecular formula is C24H39N3. The fourth-order valence-electron chi connectivity index (χ4n) is 6.51. The molecule has 2 aliphatic heterocycles. The predicted octanol–water partition coefficient (Wildman–Crippen LogP) is 5.31. The molecule has 0 spiro atoms. The number of hydrogen-bond donors (Lipinski definition) is 1. The van der Waals surface area contributed by atoms with Crippen molar-refractivity contribution in [1.82, 2.24) is 4.90 Å². The quantitative estimate of drug-likeness (QED) is 0.731. The summed E-state index contributed by atoms with van der Waals surface area (Å²) in [4.78, 5) is 5.46. The Hall–Kier alpha value is -1.22. The summed E-state index contributed by atoms with van der Waals surface area (Å²) in [6.45, 7) is 7.29. The van der Waals surface area contributed by atoms with Crippen LogP contribution in [0.5, 0.6) is 0 Å². The summed E-state index contributed by atoms with van der Waals surface area (Å²) in [5, 5.41) is 0. The number of nitrogens with zero attached hydrogens (tertiary/aromatic N) is 2. The van der Waals surface area contributed by atoms with Gasteiger partial charge in [-0.05, 0) is 82.3 Å². The molecule has 3 atom stereocenters. The average molecular weight is 370 g/mol. The molecule has 3 fully saturated rings. The van der Waals surface area contributed by atoms with Crippen LogP contribution in [-0.2, 0) is 0 Å². The molecule has 3 heteroatoms. The highest BCUT2D eigenvalue weighted by Crippen LogP contribution is 2.48. The Balaban J connectivity index is 1.46. The fraction of sp³-hybridized carbons (Fsp3) is 0.750. The summed E-state index contributed by atoms with van der Waals surface area (Å²) in [6.07, 6.45) is 11.1. The van der Waals surface area contributed by atoms with Gasteiger partial charge in [0.25, 0.3) is 0 Å². The van der Waals surface area contributed by atoms with Gasteiger partial charge in [0, 0.05) is 30.7 Å². The number of fused-ring (bicyclic) bond motifs is 2. The van der Waals surface area contributed by atoms with Gasteiger partial charge in [0.2, 0.25) is 0 Å². The lowest BCUT2D eigenvalue weighted by Crippen LogP contribution is -2.59. The first kappa shape index (κ1) is 19.1. The normalized spacial score (nSPS) is 36.9. The van der Waals surface area contributed by atoms with E-state index >= 15 is 0 Å². The van der Waals surface area contributed by atoms with Crippen LogP contribution in [-0.4, -0.2) is 35.6 Å². The second-order valence-electron chi connectivity index (χ2n) is 10.2. The zero-order valence-electron chi connectivity index (χ0n) is 17.8. The Morgan fingerprint density at radius 2 is 1.52 bits per heavy atom. The largest absolute Gasteiger partial charge is 0.397 e. The highest BCUT2D eigenvalue weighted by molar-refractivity contribution is 5.68. The smallest absolute Gasteiger partial charge is 0.0601 e. The van der Waals surface area contributed by atoms with Crippen molar-refractivity contribution in [2.75, 3.05) is 17.7 Å². The number of benzene rings is 1. The molecule has 150 valence electrons. The molecule has 1 aliphatic carbocycles. The van der Waals surface area contributed by atoms with Crippen LogP contribution in [0.15, 0.2) is 24.3 Å². The Bertz CT molecular complexity index is 633. The van der Waals surface area contributed by atoms with Gasteiger partial charge in [0.05, 0.1) is 11.4 Å². The number of piperidine rings is 1. The average Bonchev–Trinajstić information content (AvgIpc) is 2.93. The summed E-state index contributed by atoms with van der Waals surface area (Å²) in [5.74, 6) is 1.82. The Morgan fingerprint density at radius 3 is 2.07 bits per heavy atom. The molecule has 0 aromatic heterocycles. The topological polar surface area (TPSA) is 32.5 Å². The fourth-order valence-corrected chi connectivity index (χ4v) is 6.51. The van der Waals surface area contributed by atoms with E-state index in [1.165, 1.54) is 57.1 Å². The van der Waals surface area contributed by atoms with E-state index in [0.29, 0.717) is 0 Å². The molecule has 0 radical (unpaired) electrons. The lowest BCUT2D eigenvalue weighted by Gasteiger charge is -2.53. The standard InChI is InChI=1S/C24H39N3/c1-17(2)18-9-11-19(12-10-18)27-20-13-14-21(27)16-24(3,15-20)26(4)23-8-6-5-7-22(23)25/h5-8,17-21H,9-16,25H2,1-4H3/t18-,19-,20-,21+,24+. The number of anilines is 2. The monoisotopic (exact) mass is 369 g/mol. The maximum atomic E-state index is 6.30. The molecule has 3 aliphatic rings. The Kier molecular flexibility index (Phi) is 5.18. The zero-order valence-corrected chi connectivity index (χ0v) is 17.8. The summed E-state index contributed by atoms with van der Waals surface area (Å²) >= 11 is 0. The van der Waals surface area contributed by atoms with Crippen molar-refractivity contribution in [1.29, 1.82) is 0 Å². The second-order valence-corrected chi connectivity index (χ2v) is 10.2. The van der Waals surface area contributed by atoms with Gasteiger partial charge in [-0.2, -0.15) is 0 Å². The molecule has 2 heterocycles. The SMILES string of the molecule is CC(C)[C@H]1CC[C@H](N2[C@@H]3CC[C@H]2C[C@@](C)(N(C)c2ccccc2N)C3)CC1. The van der Waals surface area contributed by atoms with Crippen molar-refractivity contribution in [3.8, 4) is 0 Å². The molecule has 0 unspecified atom stereocenters. The van der Waals surface area contributed by atoms with E-state index in [-0.39, 0.29) is 5.54 Å². The molecule has 1 saturated carbocycles. The van der Waals surface area contributed by atoms with Gasteiger partial charge >= 0.3 is 0 Å². The van der Waals surface area contributed by atoms with Crippen LogP contribution in [0.25, 0.3) is 0 Å². The van der Waals surface area contributed by atoms with Crippen molar-refractivity contribution in [3.63, 3.8) is 0 Å². The third-order valence-electron chi connectivity index (χ3n) is 8.24. The summed E-state index contributed by atoms with van der Waals surface area (Å²) in [6, 6.07) is 10.7. The van der Waals surface area contributed by atoms with Crippen molar-refractivity contribution >= 4 is 11.4 Å². The lowest BCUT2D eigenvalue weighted by molar-refractivity contribution is 0.0249. The molecule has 27 heavy (non-hydrogen) atoms. The molecule has 2 bridgehead atoms. The van der Waals surface area contributed by atoms with E-state index in [9.17, 15) is 0 Å². The first-order valence-corrected chi connectivity index (χ1v) is 11.2. The van der Waals surface area contributed by atoms with E-state index < -0.39 is 0 Å². The molecule has 1 aromatic carbocycles. The number of rotatable bonds is 4. The highest BCUT2D eigenvalue weighted by Gasteiger charge is 2.50. The molecule has 4 rings (SSSR count). The lowest BCUT2D eigenvalue weighted by atomic mass is 9.76.